The van der Waals surface area contributed by atoms with Crippen LogP contribution in [0, 0.1) is 6.92 Å². The molecule has 0 aromatic heterocycles. The van der Waals surface area contributed by atoms with Crippen molar-refractivity contribution < 1.29 is 19.1 Å². The molecule has 4 rings (SSSR count). The van der Waals surface area contributed by atoms with E-state index in [0.29, 0.717) is 35.8 Å². The first-order valence-corrected chi connectivity index (χ1v) is 9.48. The van der Waals surface area contributed by atoms with Gasteiger partial charge < -0.3 is 9.47 Å². The van der Waals surface area contributed by atoms with Crippen LogP contribution < -0.4 is 9.64 Å². The van der Waals surface area contributed by atoms with Crippen molar-refractivity contribution in [2.75, 3.05) is 18.1 Å². The smallest absolute Gasteiger partial charge is 0.265 e. The number of epoxide rings is 1. The molecule has 29 heavy (non-hydrogen) atoms. The third-order valence-electron chi connectivity index (χ3n) is 4.74. The van der Waals surface area contributed by atoms with E-state index in [4.69, 9.17) is 9.47 Å². The quantitative estimate of drug-likeness (QED) is 0.468. The van der Waals surface area contributed by atoms with Crippen LogP contribution in [0.25, 0.3) is 0 Å². The lowest BCUT2D eigenvalue weighted by Crippen LogP contribution is -2.37. The van der Waals surface area contributed by atoms with Crippen LogP contribution in [0.15, 0.2) is 78.9 Å². The molecule has 1 atom stereocenters. The third-order valence-corrected chi connectivity index (χ3v) is 4.74. The van der Waals surface area contributed by atoms with Gasteiger partial charge in [-0.3, -0.25) is 9.59 Å². The van der Waals surface area contributed by atoms with Gasteiger partial charge in [0.05, 0.1) is 12.3 Å². The van der Waals surface area contributed by atoms with Crippen molar-refractivity contribution in [1.29, 1.82) is 0 Å². The van der Waals surface area contributed by atoms with Crippen LogP contribution in [-0.2, 0) is 4.74 Å². The number of aryl methyl sites for hydroxylation is 1. The monoisotopic (exact) mass is 387 g/mol. The molecule has 5 nitrogen and oxygen atoms in total. The summed E-state index contributed by atoms with van der Waals surface area (Å²) in [5.41, 5.74) is 2.11. The molecule has 1 unspecified atom stereocenters. The molecule has 1 heterocycles. The molecule has 0 N–H and O–H groups in total. The van der Waals surface area contributed by atoms with Crippen molar-refractivity contribution >= 4 is 17.5 Å². The molecule has 0 aliphatic carbocycles. The Kier molecular flexibility index (Phi) is 5.40. The highest BCUT2D eigenvalue weighted by atomic mass is 16.6. The topological polar surface area (TPSA) is 59.1 Å². The summed E-state index contributed by atoms with van der Waals surface area (Å²) >= 11 is 0. The number of para-hydroxylation sites is 2. The van der Waals surface area contributed by atoms with E-state index in [0.717, 1.165) is 5.56 Å². The fourth-order valence-electron chi connectivity index (χ4n) is 3.07. The summed E-state index contributed by atoms with van der Waals surface area (Å²) in [7, 11) is 0. The van der Waals surface area contributed by atoms with Crippen molar-refractivity contribution in [2.45, 2.75) is 13.0 Å². The van der Waals surface area contributed by atoms with E-state index in [9.17, 15) is 9.59 Å². The number of imide groups is 1. The number of carbonyl (C=O) groups is 2. The molecule has 3 aromatic rings. The molecule has 0 saturated carbocycles. The van der Waals surface area contributed by atoms with E-state index < -0.39 is 11.8 Å². The Morgan fingerprint density at radius 2 is 1.59 bits per heavy atom. The van der Waals surface area contributed by atoms with Gasteiger partial charge >= 0.3 is 0 Å². The standard InChI is InChI=1S/C24H21NO4/c1-17-9-5-6-12-20(17)24(27)25(23(26)18-10-3-2-4-11-18)21-13-7-8-14-22(21)29-16-19-15-28-19/h2-14,19H,15-16H2,1H3. The van der Waals surface area contributed by atoms with Crippen molar-refractivity contribution in [3.8, 4) is 5.75 Å². The molecule has 1 saturated heterocycles. The van der Waals surface area contributed by atoms with Crippen LogP contribution in [0.3, 0.4) is 0 Å². The molecule has 1 fully saturated rings. The maximum Gasteiger partial charge on any atom is 0.265 e. The summed E-state index contributed by atoms with van der Waals surface area (Å²) in [6, 6.07) is 23.1. The van der Waals surface area contributed by atoms with E-state index in [1.807, 2.05) is 31.2 Å². The van der Waals surface area contributed by atoms with E-state index in [2.05, 4.69) is 0 Å². The van der Waals surface area contributed by atoms with E-state index in [1.54, 1.807) is 54.6 Å². The minimum Gasteiger partial charge on any atom is -0.489 e. The highest BCUT2D eigenvalue weighted by molar-refractivity contribution is 6.26. The zero-order valence-corrected chi connectivity index (χ0v) is 16.1. The second-order valence-corrected chi connectivity index (χ2v) is 6.86. The van der Waals surface area contributed by atoms with Gasteiger partial charge in [-0.25, -0.2) is 4.90 Å². The molecule has 3 aromatic carbocycles. The highest BCUT2D eigenvalue weighted by Crippen LogP contribution is 2.32. The lowest BCUT2D eigenvalue weighted by Gasteiger charge is -2.24. The first-order valence-electron chi connectivity index (χ1n) is 9.48. The summed E-state index contributed by atoms with van der Waals surface area (Å²) in [5, 5.41) is 0. The minimum atomic E-state index is -0.405. The molecule has 1 aliphatic heterocycles. The second-order valence-electron chi connectivity index (χ2n) is 6.86. The molecule has 1 aliphatic rings. The Labute approximate surface area is 169 Å². The molecule has 5 heteroatoms. The van der Waals surface area contributed by atoms with E-state index in [1.165, 1.54) is 4.90 Å². The van der Waals surface area contributed by atoms with Gasteiger partial charge in [0, 0.05) is 11.1 Å². The van der Waals surface area contributed by atoms with Crippen LogP contribution in [-0.4, -0.2) is 31.1 Å². The molecule has 0 bridgehead atoms. The highest BCUT2D eigenvalue weighted by Gasteiger charge is 2.30. The number of anilines is 1. The fraction of sp³-hybridized carbons (Fsp3) is 0.167. The second kappa shape index (κ2) is 8.29. The SMILES string of the molecule is Cc1ccccc1C(=O)N(C(=O)c1ccccc1)c1ccccc1OCC1CO1. The normalized spacial score (nSPS) is 14.9. The first kappa shape index (κ1) is 18.9. The average Bonchev–Trinajstić information content (AvgIpc) is 3.58. The zero-order valence-electron chi connectivity index (χ0n) is 16.1. The summed E-state index contributed by atoms with van der Waals surface area (Å²) in [6.07, 6.45) is 0.0633. The van der Waals surface area contributed by atoms with Crippen molar-refractivity contribution in [3.63, 3.8) is 0 Å². The number of benzene rings is 3. The number of carbonyl (C=O) groups excluding carboxylic acids is 2. The summed E-state index contributed by atoms with van der Waals surface area (Å²) in [6.45, 7) is 2.89. The largest absolute Gasteiger partial charge is 0.489 e. The van der Waals surface area contributed by atoms with Gasteiger partial charge in [-0.1, -0.05) is 48.5 Å². The van der Waals surface area contributed by atoms with Gasteiger partial charge in [0.25, 0.3) is 11.8 Å². The molecular weight excluding hydrogens is 366 g/mol. The van der Waals surface area contributed by atoms with Crippen LogP contribution in [0.5, 0.6) is 5.75 Å². The van der Waals surface area contributed by atoms with Crippen LogP contribution in [0.1, 0.15) is 26.3 Å². The van der Waals surface area contributed by atoms with Gasteiger partial charge in [0.1, 0.15) is 18.5 Å². The fourth-order valence-corrected chi connectivity index (χ4v) is 3.07. The molecule has 0 radical (unpaired) electrons. The predicted molar refractivity (Wildman–Crippen MR) is 110 cm³/mol. The van der Waals surface area contributed by atoms with Crippen molar-refractivity contribution in [3.05, 3.63) is 95.6 Å². The number of amides is 2. The number of rotatable bonds is 6. The van der Waals surface area contributed by atoms with Gasteiger partial charge in [-0.2, -0.15) is 0 Å². The lowest BCUT2D eigenvalue weighted by molar-refractivity contribution is 0.0896. The predicted octanol–water partition coefficient (Wildman–Crippen LogP) is 4.26. The Balaban J connectivity index is 1.77. The summed E-state index contributed by atoms with van der Waals surface area (Å²) in [5.74, 6) is -0.331. The number of hydrogen-bond acceptors (Lipinski definition) is 4. The zero-order chi connectivity index (χ0) is 20.2. The van der Waals surface area contributed by atoms with Gasteiger partial charge in [-0.05, 0) is 42.8 Å². The molecular formula is C24H21NO4. The molecule has 0 spiro atoms. The summed E-state index contributed by atoms with van der Waals surface area (Å²) in [4.78, 5) is 28.1. The van der Waals surface area contributed by atoms with Crippen LogP contribution in [0.4, 0.5) is 5.69 Å². The number of hydrogen-bond donors (Lipinski definition) is 0. The minimum absolute atomic E-state index is 0.0633. The van der Waals surface area contributed by atoms with Gasteiger partial charge in [-0.15, -0.1) is 0 Å². The number of nitrogens with zero attached hydrogens (tertiary/aromatic N) is 1. The number of ether oxygens (including phenoxy) is 2. The van der Waals surface area contributed by atoms with Crippen molar-refractivity contribution in [1.82, 2.24) is 0 Å². The maximum atomic E-state index is 13.5. The van der Waals surface area contributed by atoms with E-state index in [-0.39, 0.29) is 6.10 Å². The lowest BCUT2D eigenvalue weighted by atomic mass is 10.1. The van der Waals surface area contributed by atoms with Crippen LogP contribution >= 0.6 is 0 Å². The Morgan fingerprint density at radius 1 is 0.931 bits per heavy atom. The van der Waals surface area contributed by atoms with Gasteiger partial charge in [0.15, 0.2) is 0 Å². The molecule has 2 amide bonds. The Morgan fingerprint density at radius 3 is 2.31 bits per heavy atom. The van der Waals surface area contributed by atoms with Gasteiger partial charge in [0.2, 0.25) is 0 Å². The maximum absolute atomic E-state index is 13.5. The molecule has 146 valence electrons. The van der Waals surface area contributed by atoms with E-state index >= 15 is 0 Å². The van der Waals surface area contributed by atoms with Crippen LogP contribution in [0.2, 0.25) is 0 Å². The Bertz CT molecular complexity index is 1030. The Hall–Kier alpha value is -3.44. The van der Waals surface area contributed by atoms with Crippen molar-refractivity contribution in [2.24, 2.45) is 0 Å². The average molecular weight is 387 g/mol. The third kappa shape index (κ3) is 4.20. The summed E-state index contributed by atoms with van der Waals surface area (Å²) < 4.78 is 11.1. The first-order chi connectivity index (χ1) is 14.1.